The van der Waals surface area contributed by atoms with Gasteiger partial charge >= 0.3 is 12.1 Å². The molecule has 2 aliphatic rings. The molecule has 1 amide bonds. The molecule has 7 nitrogen and oxygen atoms in total. The number of benzene rings is 2. The Bertz CT molecular complexity index is 1170. The molecule has 0 bridgehead atoms. The highest BCUT2D eigenvalue weighted by atomic mass is 35.5. The highest BCUT2D eigenvalue weighted by molar-refractivity contribution is 6.31. The van der Waals surface area contributed by atoms with Crippen molar-refractivity contribution in [3.63, 3.8) is 0 Å². The number of rotatable bonds is 7. The molecule has 8 heteroatoms. The summed E-state index contributed by atoms with van der Waals surface area (Å²) in [6.45, 7) is 1.84. The average molecular weight is 466 g/mol. The van der Waals surface area contributed by atoms with Crippen molar-refractivity contribution in [3.05, 3.63) is 76.6 Å². The molecule has 1 aromatic heterocycles. The zero-order valence-corrected chi connectivity index (χ0v) is 18.9. The van der Waals surface area contributed by atoms with Crippen molar-refractivity contribution in [1.29, 1.82) is 0 Å². The second-order valence-corrected chi connectivity index (χ2v) is 9.17. The number of carbonyl (C=O) groups excluding carboxylic acids is 1. The number of aliphatic carboxylic acids is 1. The Hall–Kier alpha value is -3.32. The number of aryl methyl sites for hydroxylation is 1. The first-order chi connectivity index (χ1) is 15.9. The number of aromatic nitrogens is 2. The van der Waals surface area contributed by atoms with Crippen molar-refractivity contribution in [1.82, 2.24) is 15.1 Å². The van der Waals surface area contributed by atoms with Crippen LogP contribution in [0.3, 0.4) is 0 Å². The van der Waals surface area contributed by atoms with Gasteiger partial charge in [0.25, 0.3) is 0 Å². The molecule has 2 N–H and O–H groups in total. The van der Waals surface area contributed by atoms with Crippen LogP contribution in [0.5, 0.6) is 0 Å². The van der Waals surface area contributed by atoms with Crippen molar-refractivity contribution in [3.8, 4) is 11.1 Å². The van der Waals surface area contributed by atoms with Crippen LogP contribution in [-0.4, -0.2) is 39.1 Å². The van der Waals surface area contributed by atoms with Crippen molar-refractivity contribution >= 4 is 23.7 Å². The summed E-state index contributed by atoms with van der Waals surface area (Å²) in [5.74, 6) is -1.41. The lowest BCUT2D eigenvalue weighted by Crippen LogP contribution is -2.59. The van der Waals surface area contributed by atoms with Crippen molar-refractivity contribution in [2.24, 2.45) is 5.92 Å². The molecule has 33 heavy (non-hydrogen) atoms. The molecule has 1 atom stereocenters. The summed E-state index contributed by atoms with van der Waals surface area (Å²) in [5.41, 5.74) is 3.55. The number of fused-ring (bicyclic) bond motifs is 3. The van der Waals surface area contributed by atoms with Crippen LogP contribution in [0.2, 0.25) is 5.02 Å². The van der Waals surface area contributed by atoms with Gasteiger partial charge in [-0.1, -0.05) is 60.1 Å². The molecule has 0 aliphatic heterocycles. The van der Waals surface area contributed by atoms with Gasteiger partial charge in [-0.05, 0) is 47.9 Å². The smallest absolute Gasteiger partial charge is 0.408 e. The van der Waals surface area contributed by atoms with Gasteiger partial charge < -0.3 is 15.2 Å². The number of hydrogen-bond acceptors (Lipinski definition) is 4. The van der Waals surface area contributed by atoms with E-state index in [-0.39, 0.29) is 25.0 Å². The van der Waals surface area contributed by atoms with Crippen LogP contribution >= 0.6 is 11.6 Å². The zero-order valence-electron chi connectivity index (χ0n) is 18.1. The molecule has 2 aromatic carbocycles. The largest absolute Gasteiger partial charge is 0.479 e. The number of nitrogens with zero attached hydrogens (tertiary/aromatic N) is 2. The molecule has 1 unspecified atom stereocenters. The Morgan fingerprint density at radius 1 is 1.15 bits per heavy atom. The number of alkyl carbamates (subject to hydrolysis) is 1. The van der Waals surface area contributed by atoms with E-state index in [1.54, 1.807) is 13.1 Å². The molecule has 1 saturated carbocycles. The van der Waals surface area contributed by atoms with Crippen LogP contribution in [0.15, 0.2) is 54.7 Å². The SMILES string of the molecule is Cc1nn(CC(NC(=O)OCC2c3ccccc3-c3ccccc32)(C(=O)O)C2CC2)cc1Cl. The quantitative estimate of drug-likeness (QED) is 0.531. The normalized spacial score (nSPS) is 16.5. The van der Waals surface area contributed by atoms with Gasteiger partial charge in [0, 0.05) is 12.1 Å². The Kier molecular flexibility index (Phi) is 5.37. The lowest BCUT2D eigenvalue weighted by atomic mass is 9.93. The fourth-order valence-electron chi connectivity index (χ4n) is 4.79. The minimum Gasteiger partial charge on any atom is -0.479 e. The van der Waals surface area contributed by atoms with Gasteiger partial charge in [0.1, 0.15) is 6.61 Å². The second-order valence-electron chi connectivity index (χ2n) is 8.76. The van der Waals surface area contributed by atoms with E-state index in [1.165, 1.54) is 4.68 Å². The maximum atomic E-state index is 12.9. The van der Waals surface area contributed by atoms with Gasteiger partial charge in [-0.15, -0.1) is 0 Å². The average Bonchev–Trinajstić information content (AvgIpc) is 3.54. The van der Waals surface area contributed by atoms with Crippen LogP contribution in [0.25, 0.3) is 11.1 Å². The molecular weight excluding hydrogens is 442 g/mol. The monoisotopic (exact) mass is 465 g/mol. The van der Waals surface area contributed by atoms with E-state index in [1.807, 2.05) is 36.4 Å². The Balaban J connectivity index is 1.34. The zero-order chi connectivity index (χ0) is 23.2. The summed E-state index contributed by atoms with van der Waals surface area (Å²) in [6, 6.07) is 16.1. The predicted molar refractivity (Wildman–Crippen MR) is 123 cm³/mol. The van der Waals surface area contributed by atoms with Gasteiger partial charge in [0.05, 0.1) is 17.3 Å². The number of ether oxygens (including phenoxy) is 1. The predicted octanol–water partition coefficient (Wildman–Crippen LogP) is 4.62. The van der Waals surface area contributed by atoms with Crippen LogP contribution < -0.4 is 5.32 Å². The van der Waals surface area contributed by atoms with E-state index in [2.05, 4.69) is 22.5 Å². The van der Waals surface area contributed by atoms with E-state index in [0.29, 0.717) is 23.6 Å². The molecule has 1 heterocycles. The van der Waals surface area contributed by atoms with E-state index in [4.69, 9.17) is 16.3 Å². The van der Waals surface area contributed by atoms with Crippen LogP contribution in [-0.2, 0) is 16.1 Å². The summed E-state index contributed by atoms with van der Waals surface area (Å²) >= 11 is 6.10. The lowest BCUT2D eigenvalue weighted by Gasteiger charge is -2.30. The third kappa shape index (κ3) is 3.86. The van der Waals surface area contributed by atoms with Crippen molar-refractivity contribution in [2.45, 2.75) is 37.8 Å². The molecule has 2 aliphatic carbocycles. The number of nitrogens with one attached hydrogen (secondary N) is 1. The van der Waals surface area contributed by atoms with Crippen LogP contribution in [0, 0.1) is 12.8 Å². The van der Waals surface area contributed by atoms with E-state index >= 15 is 0 Å². The van der Waals surface area contributed by atoms with Gasteiger partial charge in [-0.3, -0.25) is 4.68 Å². The minimum absolute atomic E-state index is 0.0231. The van der Waals surface area contributed by atoms with Gasteiger partial charge in [-0.25, -0.2) is 9.59 Å². The third-order valence-electron chi connectivity index (χ3n) is 6.62. The highest BCUT2D eigenvalue weighted by Gasteiger charge is 2.53. The Morgan fingerprint density at radius 3 is 2.27 bits per heavy atom. The first-order valence-electron chi connectivity index (χ1n) is 10.9. The maximum absolute atomic E-state index is 12.9. The maximum Gasteiger partial charge on any atom is 0.408 e. The molecule has 0 spiro atoms. The molecular formula is C25H24ClN3O4. The first kappa shape index (κ1) is 21.5. The number of halogens is 1. The lowest BCUT2D eigenvalue weighted by molar-refractivity contribution is -0.146. The standard InChI is InChI=1S/C25H24ClN3O4/c1-15-22(26)12-29(28-15)14-25(23(30)31,16-10-11-16)27-24(32)33-13-21-19-8-4-2-6-17(19)18-7-3-5-9-20(18)21/h2-9,12,16,21H,10-11,13-14H2,1H3,(H,27,32)(H,30,31). The molecule has 1 fully saturated rings. The summed E-state index contributed by atoms with van der Waals surface area (Å²) in [4.78, 5) is 25.3. The van der Waals surface area contributed by atoms with Crippen molar-refractivity contribution < 1.29 is 19.4 Å². The highest BCUT2D eigenvalue weighted by Crippen LogP contribution is 2.45. The molecule has 3 aromatic rings. The van der Waals surface area contributed by atoms with Gasteiger partial charge in [0.2, 0.25) is 0 Å². The molecule has 0 saturated heterocycles. The summed E-state index contributed by atoms with van der Waals surface area (Å²) in [7, 11) is 0. The number of carboxylic acid groups (broad SMARTS) is 1. The van der Waals surface area contributed by atoms with E-state index < -0.39 is 17.6 Å². The van der Waals surface area contributed by atoms with Crippen LogP contribution in [0.4, 0.5) is 4.79 Å². The van der Waals surface area contributed by atoms with E-state index in [0.717, 1.165) is 22.3 Å². The Morgan fingerprint density at radius 2 is 1.76 bits per heavy atom. The number of carbonyl (C=O) groups is 2. The number of amides is 1. The minimum atomic E-state index is -1.51. The molecule has 0 radical (unpaired) electrons. The van der Waals surface area contributed by atoms with Gasteiger partial charge in [-0.2, -0.15) is 5.10 Å². The fraction of sp³-hybridized carbons (Fsp3) is 0.320. The Labute approximate surface area is 196 Å². The fourth-order valence-corrected chi connectivity index (χ4v) is 4.94. The van der Waals surface area contributed by atoms with Crippen molar-refractivity contribution in [2.75, 3.05) is 6.61 Å². The first-order valence-corrected chi connectivity index (χ1v) is 11.3. The number of hydrogen-bond donors (Lipinski definition) is 2. The van der Waals surface area contributed by atoms with Gasteiger partial charge in [0.15, 0.2) is 5.54 Å². The third-order valence-corrected chi connectivity index (χ3v) is 6.99. The molecule has 5 rings (SSSR count). The summed E-state index contributed by atoms with van der Waals surface area (Å²) in [6.07, 6.45) is 2.26. The summed E-state index contributed by atoms with van der Waals surface area (Å²) < 4.78 is 7.10. The second kappa shape index (κ2) is 8.23. The van der Waals surface area contributed by atoms with Crippen LogP contribution in [0.1, 0.15) is 35.6 Å². The number of carboxylic acids is 1. The topological polar surface area (TPSA) is 93.5 Å². The van der Waals surface area contributed by atoms with E-state index in [9.17, 15) is 14.7 Å². The summed E-state index contributed by atoms with van der Waals surface area (Å²) in [5, 5.41) is 17.5. The molecule has 170 valence electrons.